The van der Waals surface area contributed by atoms with Gasteiger partial charge in [0.2, 0.25) is 0 Å². The van der Waals surface area contributed by atoms with Gasteiger partial charge in [0, 0.05) is 34.4 Å². The van der Waals surface area contributed by atoms with Crippen molar-refractivity contribution in [2.75, 3.05) is 18.0 Å². The van der Waals surface area contributed by atoms with Crippen LogP contribution in [0.5, 0.6) is 5.75 Å². The number of piperidine rings is 1. The van der Waals surface area contributed by atoms with E-state index in [4.69, 9.17) is 11.6 Å². The molecule has 4 rings (SSSR count). The topological polar surface area (TPSA) is 49.2 Å². The Kier molecular flexibility index (Phi) is 4.17. The summed E-state index contributed by atoms with van der Waals surface area (Å²) in [5.41, 5.74) is 0.562. The summed E-state index contributed by atoms with van der Waals surface area (Å²) in [5, 5.41) is 20.6. The lowest BCUT2D eigenvalue weighted by atomic mass is 10.00. The van der Waals surface area contributed by atoms with E-state index in [0.717, 1.165) is 42.5 Å². The fourth-order valence-corrected chi connectivity index (χ4v) is 3.67. The smallest absolute Gasteiger partial charge is 0.159 e. The van der Waals surface area contributed by atoms with Crippen molar-refractivity contribution in [2.24, 2.45) is 0 Å². The molecule has 0 aliphatic carbocycles. The minimum Gasteiger partial charge on any atom is -0.507 e. The van der Waals surface area contributed by atoms with Gasteiger partial charge in [-0.15, -0.1) is 5.10 Å². The molecular weight excluding hydrogens is 341 g/mol. The molecule has 128 valence electrons. The normalized spacial score (nSPS) is 14.9. The van der Waals surface area contributed by atoms with Crippen LogP contribution in [0.25, 0.3) is 21.9 Å². The second kappa shape index (κ2) is 6.48. The molecule has 0 atom stereocenters. The number of aromatic nitrogens is 2. The molecule has 25 heavy (non-hydrogen) atoms. The van der Waals surface area contributed by atoms with Gasteiger partial charge in [-0.2, -0.15) is 5.10 Å². The fourth-order valence-electron chi connectivity index (χ4n) is 3.40. The molecule has 1 aromatic heterocycles. The zero-order valence-corrected chi connectivity index (χ0v) is 14.3. The Hall–Kier alpha value is -2.40. The highest BCUT2D eigenvalue weighted by Crippen LogP contribution is 2.40. The predicted octanol–water partition coefficient (Wildman–Crippen LogP) is 4.79. The Morgan fingerprint density at radius 3 is 2.68 bits per heavy atom. The molecule has 4 nitrogen and oxygen atoms in total. The number of hydrogen-bond donors (Lipinski definition) is 1. The molecule has 1 N–H and O–H groups in total. The maximum absolute atomic E-state index is 14.3. The van der Waals surface area contributed by atoms with Crippen molar-refractivity contribution in [3.63, 3.8) is 0 Å². The highest BCUT2D eigenvalue weighted by atomic mass is 35.5. The molecule has 0 radical (unpaired) electrons. The number of anilines is 1. The van der Waals surface area contributed by atoms with Crippen molar-refractivity contribution < 1.29 is 9.50 Å². The molecule has 2 aromatic carbocycles. The van der Waals surface area contributed by atoms with Gasteiger partial charge in [-0.25, -0.2) is 4.39 Å². The number of halogens is 2. The summed E-state index contributed by atoms with van der Waals surface area (Å²) in [5.74, 6) is 0.136. The average Bonchev–Trinajstić information content (AvgIpc) is 2.62. The Morgan fingerprint density at radius 2 is 1.92 bits per heavy atom. The number of fused-ring (bicyclic) bond motifs is 1. The van der Waals surface area contributed by atoms with Crippen LogP contribution in [0.4, 0.5) is 10.2 Å². The van der Waals surface area contributed by atoms with Gasteiger partial charge in [-0.1, -0.05) is 17.7 Å². The quantitative estimate of drug-likeness (QED) is 0.716. The summed E-state index contributed by atoms with van der Waals surface area (Å²) in [6.07, 6.45) is 5.10. The fraction of sp³-hybridized carbons (Fsp3) is 0.263. The standard InChI is InChI=1S/C19H17ClFN3O/c20-15-9-12-11-22-23-19(24-7-2-1-3-8-24)13(12)10-14(15)18-16(21)5-4-6-17(18)25/h4-6,9-11,25H,1-3,7-8H2. The molecule has 0 unspecified atom stereocenters. The molecular formula is C19H17ClFN3O. The molecule has 0 spiro atoms. The second-order valence-corrected chi connectivity index (χ2v) is 6.68. The zero-order valence-electron chi connectivity index (χ0n) is 13.5. The van der Waals surface area contributed by atoms with Crippen LogP contribution in [0.2, 0.25) is 5.02 Å². The third-order valence-electron chi connectivity index (χ3n) is 4.65. The van der Waals surface area contributed by atoms with Crippen LogP contribution in [-0.2, 0) is 0 Å². The summed E-state index contributed by atoms with van der Waals surface area (Å²) in [7, 11) is 0. The lowest BCUT2D eigenvalue weighted by Crippen LogP contribution is -2.30. The molecule has 2 heterocycles. The summed E-state index contributed by atoms with van der Waals surface area (Å²) >= 11 is 6.38. The Morgan fingerprint density at radius 1 is 1.12 bits per heavy atom. The van der Waals surface area contributed by atoms with Crippen LogP contribution >= 0.6 is 11.6 Å². The summed E-state index contributed by atoms with van der Waals surface area (Å²) in [6.45, 7) is 1.85. The Labute approximate surface area is 149 Å². The number of phenols is 1. The van der Waals surface area contributed by atoms with Crippen molar-refractivity contribution in [3.8, 4) is 16.9 Å². The van der Waals surface area contributed by atoms with Crippen molar-refractivity contribution in [1.82, 2.24) is 10.2 Å². The number of benzene rings is 2. The summed E-state index contributed by atoms with van der Waals surface area (Å²) in [6, 6.07) is 7.78. The van der Waals surface area contributed by atoms with Crippen LogP contribution in [-0.4, -0.2) is 28.4 Å². The largest absolute Gasteiger partial charge is 0.507 e. The zero-order chi connectivity index (χ0) is 17.4. The van der Waals surface area contributed by atoms with Crippen LogP contribution < -0.4 is 4.90 Å². The molecule has 6 heteroatoms. The maximum atomic E-state index is 14.3. The minimum atomic E-state index is -0.511. The molecule has 1 saturated heterocycles. The number of aromatic hydroxyl groups is 1. The molecule has 3 aromatic rings. The van der Waals surface area contributed by atoms with Gasteiger partial charge >= 0.3 is 0 Å². The van der Waals surface area contributed by atoms with Crippen LogP contribution in [0.15, 0.2) is 36.5 Å². The molecule has 0 saturated carbocycles. The van der Waals surface area contributed by atoms with Gasteiger partial charge in [-0.3, -0.25) is 0 Å². The monoisotopic (exact) mass is 357 g/mol. The molecule has 0 amide bonds. The predicted molar refractivity (Wildman–Crippen MR) is 97.7 cm³/mol. The second-order valence-electron chi connectivity index (χ2n) is 6.27. The van der Waals surface area contributed by atoms with Gasteiger partial charge in [0.15, 0.2) is 5.82 Å². The van der Waals surface area contributed by atoms with E-state index in [-0.39, 0.29) is 11.3 Å². The van der Waals surface area contributed by atoms with Crippen LogP contribution in [0.3, 0.4) is 0 Å². The van der Waals surface area contributed by atoms with Crippen LogP contribution in [0, 0.1) is 5.82 Å². The highest BCUT2D eigenvalue weighted by Gasteiger charge is 2.19. The Bertz CT molecular complexity index is 921. The summed E-state index contributed by atoms with van der Waals surface area (Å²) < 4.78 is 14.3. The van der Waals surface area contributed by atoms with Gasteiger partial charge in [0.1, 0.15) is 11.6 Å². The van der Waals surface area contributed by atoms with Gasteiger partial charge in [0.25, 0.3) is 0 Å². The minimum absolute atomic E-state index is 0.107. The van der Waals surface area contributed by atoms with E-state index < -0.39 is 5.82 Å². The number of nitrogens with zero attached hydrogens (tertiary/aromatic N) is 3. The number of phenolic OH excluding ortho intramolecular Hbond substituents is 1. The van der Waals surface area contributed by atoms with Gasteiger partial charge < -0.3 is 10.0 Å². The van der Waals surface area contributed by atoms with Crippen molar-refractivity contribution in [3.05, 3.63) is 47.4 Å². The van der Waals surface area contributed by atoms with E-state index in [2.05, 4.69) is 15.1 Å². The van der Waals surface area contributed by atoms with Gasteiger partial charge in [-0.05, 0) is 43.5 Å². The SMILES string of the molecule is Oc1cccc(F)c1-c1cc2c(N3CCCCC3)nncc2cc1Cl. The first-order chi connectivity index (χ1) is 12.1. The van der Waals surface area contributed by atoms with Crippen molar-refractivity contribution in [1.29, 1.82) is 0 Å². The molecule has 1 fully saturated rings. The highest BCUT2D eigenvalue weighted by molar-refractivity contribution is 6.34. The van der Waals surface area contributed by atoms with E-state index in [1.807, 2.05) is 0 Å². The van der Waals surface area contributed by atoms with Gasteiger partial charge in [0.05, 0.1) is 11.8 Å². The first kappa shape index (κ1) is 16.1. The lowest BCUT2D eigenvalue weighted by molar-refractivity contribution is 0.472. The van der Waals surface area contributed by atoms with Crippen molar-refractivity contribution >= 4 is 28.2 Å². The van der Waals surface area contributed by atoms with E-state index in [1.54, 1.807) is 18.3 Å². The summed E-state index contributed by atoms with van der Waals surface area (Å²) in [4.78, 5) is 2.21. The maximum Gasteiger partial charge on any atom is 0.159 e. The number of rotatable bonds is 2. The van der Waals surface area contributed by atoms with E-state index in [9.17, 15) is 9.50 Å². The first-order valence-electron chi connectivity index (χ1n) is 8.33. The van der Waals surface area contributed by atoms with E-state index in [1.165, 1.54) is 24.6 Å². The van der Waals surface area contributed by atoms with Crippen molar-refractivity contribution in [2.45, 2.75) is 19.3 Å². The molecule has 0 bridgehead atoms. The third-order valence-corrected chi connectivity index (χ3v) is 4.96. The Balaban J connectivity index is 1.93. The van der Waals surface area contributed by atoms with E-state index >= 15 is 0 Å². The van der Waals surface area contributed by atoms with Crippen LogP contribution in [0.1, 0.15) is 19.3 Å². The first-order valence-corrected chi connectivity index (χ1v) is 8.70. The lowest BCUT2D eigenvalue weighted by Gasteiger charge is -2.28. The molecule has 1 aliphatic heterocycles. The molecule has 1 aliphatic rings. The third kappa shape index (κ3) is 2.89. The average molecular weight is 358 g/mol. The number of hydrogen-bond acceptors (Lipinski definition) is 4. The van der Waals surface area contributed by atoms with E-state index in [0.29, 0.717) is 10.6 Å².